The van der Waals surface area contributed by atoms with E-state index in [1.807, 2.05) is 30.3 Å². The molecule has 0 heterocycles. The van der Waals surface area contributed by atoms with Crippen LogP contribution in [0, 0.1) is 0 Å². The van der Waals surface area contributed by atoms with Crippen LogP contribution in [0.2, 0.25) is 0 Å². The summed E-state index contributed by atoms with van der Waals surface area (Å²) in [5.41, 5.74) is 3.57. The summed E-state index contributed by atoms with van der Waals surface area (Å²) in [5.74, 6) is -0.765. The maximum Gasteiger partial charge on any atom is 0.339 e. The highest BCUT2D eigenvalue weighted by atomic mass is 16.5. The number of ether oxygens (including phenoxy) is 1. The summed E-state index contributed by atoms with van der Waals surface area (Å²) in [6.45, 7) is 0. The molecule has 1 aliphatic rings. The van der Waals surface area contributed by atoms with Gasteiger partial charge >= 0.3 is 5.97 Å². The quantitative estimate of drug-likeness (QED) is 0.759. The molecule has 0 spiro atoms. The van der Waals surface area contributed by atoms with E-state index >= 15 is 0 Å². The number of nitrogens with zero attached hydrogens (tertiary/aromatic N) is 1. The second-order valence-corrected chi connectivity index (χ2v) is 6.63. The van der Waals surface area contributed by atoms with Crippen LogP contribution in [0.3, 0.4) is 0 Å². The number of carbonyl (C=O) groups excluding carboxylic acids is 2. The lowest BCUT2D eigenvalue weighted by Crippen LogP contribution is -2.31. The van der Waals surface area contributed by atoms with Crippen molar-refractivity contribution in [1.82, 2.24) is 4.90 Å². The molecule has 1 aliphatic carbocycles. The van der Waals surface area contributed by atoms with E-state index in [0.717, 1.165) is 18.4 Å². The van der Waals surface area contributed by atoms with Crippen molar-refractivity contribution in [2.24, 2.45) is 0 Å². The van der Waals surface area contributed by atoms with Crippen LogP contribution >= 0.6 is 0 Å². The molecule has 2 aromatic rings. The van der Waals surface area contributed by atoms with Gasteiger partial charge in [-0.1, -0.05) is 48.5 Å². The van der Waals surface area contributed by atoms with E-state index in [2.05, 4.69) is 6.08 Å². The first-order valence-electron chi connectivity index (χ1n) is 8.83. The molecule has 0 radical (unpaired) electrons. The maximum absolute atomic E-state index is 12.6. The van der Waals surface area contributed by atoms with Gasteiger partial charge in [0.25, 0.3) is 5.91 Å². The SMILES string of the molecule is CN(C)C(=O)C(OC(=O)c1ccc(C2=CCCC2)cc1)c1ccccc1. The molecular formula is C22H23NO3. The Hall–Kier alpha value is -2.88. The van der Waals surface area contributed by atoms with Crippen LogP contribution in [0.5, 0.6) is 0 Å². The molecule has 0 fully saturated rings. The molecule has 1 unspecified atom stereocenters. The standard InChI is InChI=1S/C22H23NO3/c1-23(2)21(24)20(18-10-4-3-5-11-18)26-22(25)19-14-12-17(13-15-19)16-8-6-7-9-16/h3-5,8,10-15,20H,6-7,9H2,1-2H3. The van der Waals surface area contributed by atoms with Crippen molar-refractivity contribution in [2.45, 2.75) is 25.4 Å². The molecular weight excluding hydrogens is 326 g/mol. The van der Waals surface area contributed by atoms with Crippen LogP contribution in [0.4, 0.5) is 0 Å². The summed E-state index contributed by atoms with van der Waals surface area (Å²) in [6.07, 6.45) is 4.68. The smallest absolute Gasteiger partial charge is 0.339 e. The van der Waals surface area contributed by atoms with E-state index in [-0.39, 0.29) is 5.91 Å². The van der Waals surface area contributed by atoms with E-state index in [9.17, 15) is 9.59 Å². The number of allylic oxidation sites excluding steroid dienone is 2. The second-order valence-electron chi connectivity index (χ2n) is 6.63. The van der Waals surface area contributed by atoms with Gasteiger partial charge in [0, 0.05) is 19.7 Å². The Morgan fingerprint density at radius 2 is 1.69 bits per heavy atom. The topological polar surface area (TPSA) is 46.6 Å². The summed E-state index contributed by atoms with van der Waals surface area (Å²) >= 11 is 0. The fraction of sp³-hybridized carbons (Fsp3) is 0.273. The van der Waals surface area contributed by atoms with E-state index in [1.54, 1.807) is 38.4 Å². The van der Waals surface area contributed by atoms with Crippen LogP contribution < -0.4 is 0 Å². The van der Waals surface area contributed by atoms with Crippen molar-refractivity contribution in [3.8, 4) is 0 Å². The highest BCUT2D eigenvalue weighted by Crippen LogP contribution is 2.28. The van der Waals surface area contributed by atoms with Crippen LogP contribution in [-0.4, -0.2) is 30.9 Å². The molecule has 0 bridgehead atoms. The van der Waals surface area contributed by atoms with Gasteiger partial charge in [0.15, 0.2) is 0 Å². The minimum Gasteiger partial charge on any atom is -0.444 e. The summed E-state index contributed by atoms with van der Waals surface area (Å²) < 4.78 is 5.57. The molecule has 3 rings (SSSR count). The normalized spacial score (nSPS) is 14.5. The monoisotopic (exact) mass is 349 g/mol. The highest BCUT2D eigenvalue weighted by molar-refractivity contribution is 5.93. The Morgan fingerprint density at radius 1 is 1.00 bits per heavy atom. The number of amides is 1. The summed E-state index contributed by atoms with van der Waals surface area (Å²) in [6, 6.07) is 16.5. The minimum atomic E-state index is -0.948. The van der Waals surface area contributed by atoms with E-state index in [0.29, 0.717) is 11.1 Å². The third kappa shape index (κ3) is 4.02. The Labute approximate surface area is 154 Å². The number of benzene rings is 2. The lowest BCUT2D eigenvalue weighted by atomic mass is 10.0. The van der Waals surface area contributed by atoms with Crippen molar-refractivity contribution in [3.05, 3.63) is 77.4 Å². The predicted molar refractivity (Wildman–Crippen MR) is 102 cm³/mol. The van der Waals surface area contributed by atoms with E-state index < -0.39 is 12.1 Å². The fourth-order valence-corrected chi connectivity index (χ4v) is 3.05. The first-order valence-corrected chi connectivity index (χ1v) is 8.83. The Morgan fingerprint density at radius 3 is 2.27 bits per heavy atom. The number of esters is 1. The average molecular weight is 349 g/mol. The predicted octanol–water partition coefficient (Wildman–Crippen LogP) is 4.24. The number of hydrogen-bond donors (Lipinski definition) is 0. The van der Waals surface area contributed by atoms with Gasteiger partial charge in [0.2, 0.25) is 6.10 Å². The van der Waals surface area contributed by atoms with Crippen LogP contribution in [0.25, 0.3) is 5.57 Å². The van der Waals surface area contributed by atoms with Crippen LogP contribution in [0.15, 0.2) is 60.7 Å². The molecule has 26 heavy (non-hydrogen) atoms. The number of hydrogen-bond acceptors (Lipinski definition) is 3. The lowest BCUT2D eigenvalue weighted by Gasteiger charge is -2.21. The van der Waals surface area contributed by atoms with Crippen molar-refractivity contribution in [3.63, 3.8) is 0 Å². The Balaban J connectivity index is 1.78. The summed E-state index contributed by atoms with van der Waals surface area (Å²) in [7, 11) is 3.30. The molecule has 0 saturated carbocycles. The first kappa shape index (κ1) is 17.9. The largest absolute Gasteiger partial charge is 0.444 e. The van der Waals surface area contributed by atoms with Gasteiger partial charge in [0.05, 0.1) is 5.56 Å². The molecule has 0 aliphatic heterocycles. The van der Waals surface area contributed by atoms with E-state index in [1.165, 1.54) is 16.9 Å². The maximum atomic E-state index is 12.6. The lowest BCUT2D eigenvalue weighted by molar-refractivity contribution is -0.138. The van der Waals surface area contributed by atoms with Crippen molar-refractivity contribution in [2.75, 3.05) is 14.1 Å². The molecule has 4 heteroatoms. The van der Waals surface area contributed by atoms with Crippen molar-refractivity contribution < 1.29 is 14.3 Å². The van der Waals surface area contributed by atoms with Gasteiger partial charge in [-0.2, -0.15) is 0 Å². The average Bonchev–Trinajstić information content (AvgIpc) is 3.21. The third-order valence-corrected chi connectivity index (χ3v) is 4.52. The molecule has 4 nitrogen and oxygen atoms in total. The molecule has 1 atom stereocenters. The summed E-state index contributed by atoms with van der Waals surface area (Å²) in [5, 5.41) is 0. The zero-order valence-electron chi connectivity index (χ0n) is 15.1. The van der Waals surface area contributed by atoms with Gasteiger partial charge in [-0.3, -0.25) is 4.79 Å². The molecule has 0 aromatic heterocycles. The summed E-state index contributed by atoms with van der Waals surface area (Å²) in [4.78, 5) is 26.5. The van der Waals surface area contributed by atoms with Crippen molar-refractivity contribution in [1.29, 1.82) is 0 Å². The molecule has 0 saturated heterocycles. The number of rotatable bonds is 5. The molecule has 134 valence electrons. The van der Waals surface area contributed by atoms with Gasteiger partial charge in [0.1, 0.15) is 0 Å². The fourth-order valence-electron chi connectivity index (χ4n) is 3.05. The number of likely N-dealkylation sites (N-methyl/N-ethyl adjacent to an activating group) is 1. The Bertz CT molecular complexity index is 807. The van der Waals surface area contributed by atoms with Crippen LogP contribution in [-0.2, 0) is 9.53 Å². The Kier molecular flexibility index (Phi) is 5.52. The zero-order valence-corrected chi connectivity index (χ0v) is 15.1. The minimum absolute atomic E-state index is 0.266. The molecule has 2 aromatic carbocycles. The van der Waals surface area contributed by atoms with Gasteiger partial charge < -0.3 is 9.64 Å². The zero-order chi connectivity index (χ0) is 18.5. The molecule has 0 N–H and O–H groups in total. The van der Waals surface area contributed by atoms with Crippen molar-refractivity contribution >= 4 is 17.4 Å². The van der Waals surface area contributed by atoms with Gasteiger partial charge in [-0.25, -0.2) is 4.79 Å². The third-order valence-electron chi connectivity index (χ3n) is 4.52. The van der Waals surface area contributed by atoms with Gasteiger partial charge in [-0.15, -0.1) is 0 Å². The number of carbonyl (C=O) groups is 2. The highest BCUT2D eigenvalue weighted by Gasteiger charge is 2.27. The first-order chi connectivity index (χ1) is 12.6. The van der Waals surface area contributed by atoms with E-state index in [4.69, 9.17) is 4.74 Å². The van der Waals surface area contributed by atoms with Gasteiger partial charge in [-0.05, 0) is 42.5 Å². The van der Waals surface area contributed by atoms with Crippen LogP contribution in [0.1, 0.15) is 46.9 Å². The molecule has 1 amide bonds. The second kappa shape index (κ2) is 8.00.